The van der Waals surface area contributed by atoms with Crippen molar-refractivity contribution in [3.63, 3.8) is 0 Å². The lowest BCUT2D eigenvalue weighted by Crippen LogP contribution is -2.45. The normalized spacial score (nSPS) is 13.8. The number of pyridine rings is 1. The van der Waals surface area contributed by atoms with Crippen LogP contribution in [0.5, 0.6) is 0 Å². The Morgan fingerprint density at radius 2 is 1.56 bits per heavy atom. The molecule has 280 valence electrons. The number of aryl methyl sites for hydroxylation is 1. The fourth-order valence-corrected chi connectivity index (χ4v) is 5.74. The van der Waals surface area contributed by atoms with E-state index < -0.39 is 94.8 Å². The number of amides is 1. The summed E-state index contributed by atoms with van der Waals surface area (Å²) in [5.74, 6) is -5.55. The van der Waals surface area contributed by atoms with E-state index >= 15 is 8.78 Å². The topological polar surface area (TPSA) is 98.7 Å². The van der Waals surface area contributed by atoms with Crippen LogP contribution in [0.15, 0.2) is 59.4 Å². The zero-order valence-corrected chi connectivity index (χ0v) is 28.6. The first kappa shape index (κ1) is 39.8. The molecule has 52 heavy (non-hydrogen) atoms. The summed E-state index contributed by atoms with van der Waals surface area (Å²) in [4.78, 5) is 40.0. The lowest BCUT2D eigenvalue weighted by molar-refractivity contribution is -0.152. The number of nitrogens with one attached hydrogen (secondary N) is 2. The number of carbonyl (C=O) groups excluding carboxylic acids is 2. The smallest absolute Gasteiger partial charge is 0.417 e. The Bertz CT molecular complexity index is 2000. The number of halogens is 8. The van der Waals surface area contributed by atoms with Gasteiger partial charge in [-0.1, -0.05) is 43.3 Å². The van der Waals surface area contributed by atoms with Crippen molar-refractivity contribution in [1.29, 1.82) is 0 Å². The van der Waals surface area contributed by atoms with Gasteiger partial charge in [0.1, 0.15) is 35.4 Å². The summed E-state index contributed by atoms with van der Waals surface area (Å²) < 4.78 is 124. The van der Waals surface area contributed by atoms with Crippen LogP contribution in [0.1, 0.15) is 47.4 Å². The number of alkyl halides is 6. The molecule has 4 rings (SSSR count). The molecule has 0 saturated heterocycles. The molecule has 1 amide bonds. The van der Waals surface area contributed by atoms with E-state index in [1.165, 1.54) is 65.3 Å². The van der Waals surface area contributed by atoms with Gasteiger partial charge >= 0.3 is 18.3 Å². The molecule has 0 bridgehead atoms. The first-order valence-corrected chi connectivity index (χ1v) is 15.9. The van der Waals surface area contributed by atoms with Crippen LogP contribution in [-0.2, 0) is 33.9 Å². The molecule has 0 spiro atoms. The third kappa shape index (κ3) is 8.72. The molecular formula is C36H35F8N3O5. The monoisotopic (exact) mass is 741 g/mol. The van der Waals surface area contributed by atoms with Crippen LogP contribution in [0.25, 0.3) is 21.9 Å². The highest BCUT2D eigenvalue weighted by Crippen LogP contribution is 2.39. The maximum absolute atomic E-state index is 15.2. The van der Waals surface area contributed by atoms with Crippen LogP contribution in [0.4, 0.5) is 40.8 Å². The van der Waals surface area contributed by atoms with Gasteiger partial charge in [0.25, 0.3) is 11.5 Å². The molecule has 1 heterocycles. The number of nitrogens with zero attached hydrogens (tertiary/aromatic N) is 1. The standard InChI is InChI=1S/C36H35F8N3O5/c1-6-29(36(42,43)44)45-21-15-26(37)31(27(38)16-21)32(48)46-28(34(50)52-19(3)17-51-5)14-20-11-12-24(23-10-8-7-9-22(20)23)30-25(35(39,40)41)13-18(2)47(4)33(30)49/h7-13,15-16,19,28-29,45H,6,14,17H2,1-5H3,(H,46,48)/t19-,28+,29-/m1/s1. The molecule has 0 aliphatic carbocycles. The summed E-state index contributed by atoms with van der Waals surface area (Å²) in [6.07, 6.45) is -11.3. The molecule has 0 unspecified atom stereocenters. The Morgan fingerprint density at radius 3 is 2.12 bits per heavy atom. The van der Waals surface area contributed by atoms with Gasteiger partial charge in [0.05, 0.1) is 17.7 Å². The summed E-state index contributed by atoms with van der Waals surface area (Å²) >= 11 is 0. The molecule has 1 aromatic heterocycles. The highest BCUT2D eigenvalue weighted by atomic mass is 19.4. The lowest BCUT2D eigenvalue weighted by Gasteiger charge is -2.23. The fraction of sp³-hybridized carbons (Fsp3) is 0.361. The van der Waals surface area contributed by atoms with Crippen molar-refractivity contribution < 1.29 is 54.2 Å². The average Bonchev–Trinajstić information content (AvgIpc) is 3.04. The number of hydrogen-bond donors (Lipinski definition) is 2. The van der Waals surface area contributed by atoms with E-state index in [1.54, 1.807) is 6.07 Å². The van der Waals surface area contributed by atoms with Gasteiger partial charge in [-0.15, -0.1) is 0 Å². The highest BCUT2D eigenvalue weighted by molar-refractivity contribution is 6.00. The number of fused-ring (bicyclic) bond motifs is 1. The van der Waals surface area contributed by atoms with Crippen molar-refractivity contribution in [3.05, 3.63) is 99.0 Å². The van der Waals surface area contributed by atoms with E-state index in [0.717, 1.165) is 10.6 Å². The molecule has 16 heteroatoms. The van der Waals surface area contributed by atoms with Gasteiger partial charge in [-0.2, -0.15) is 26.3 Å². The molecular weight excluding hydrogens is 706 g/mol. The third-order valence-electron chi connectivity index (χ3n) is 8.41. The molecule has 0 aliphatic heterocycles. The Labute approximate surface area is 292 Å². The number of aromatic nitrogens is 1. The average molecular weight is 742 g/mol. The van der Waals surface area contributed by atoms with Crippen LogP contribution in [0.2, 0.25) is 0 Å². The fourth-order valence-electron chi connectivity index (χ4n) is 5.74. The third-order valence-corrected chi connectivity index (χ3v) is 8.41. The molecule has 0 aliphatic rings. The van der Waals surface area contributed by atoms with Crippen molar-refractivity contribution in [3.8, 4) is 11.1 Å². The number of hydrogen-bond acceptors (Lipinski definition) is 6. The number of rotatable bonds is 12. The number of carbonyl (C=O) groups is 2. The SMILES string of the molecule is CC[C@@H](Nc1cc(F)c(C(=O)N[C@@H](Cc2ccc(-c3c(C(F)(F)F)cc(C)n(C)c3=O)c3ccccc23)C(=O)O[C@H](C)COC)c(F)c1)C(F)(F)F. The van der Waals surface area contributed by atoms with Crippen LogP contribution in [0.3, 0.4) is 0 Å². The van der Waals surface area contributed by atoms with Gasteiger partial charge in [-0.25, -0.2) is 13.6 Å². The molecule has 2 N–H and O–H groups in total. The number of esters is 1. The molecule has 8 nitrogen and oxygen atoms in total. The lowest BCUT2D eigenvalue weighted by atomic mass is 9.90. The van der Waals surface area contributed by atoms with E-state index in [1.807, 2.05) is 5.32 Å². The van der Waals surface area contributed by atoms with Gasteiger partial charge in [0, 0.05) is 32.0 Å². The number of methoxy groups -OCH3 is 1. The van der Waals surface area contributed by atoms with Crippen molar-refractivity contribution >= 4 is 28.3 Å². The van der Waals surface area contributed by atoms with E-state index in [4.69, 9.17) is 9.47 Å². The molecule has 4 aromatic rings. The summed E-state index contributed by atoms with van der Waals surface area (Å²) in [5, 5.41) is 4.71. The maximum atomic E-state index is 15.2. The van der Waals surface area contributed by atoms with Gasteiger partial charge in [-0.05, 0) is 60.4 Å². The van der Waals surface area contributed by atoms with E-state index in [9.17, 15) is 40.7 Å². The van der Waals surface area contributed by atoms with Crippen LogP contribution >= 0.6 is 0 Å². The van der Waals surface area contributed by atoms with Crippen LogP contribution in [-0.4, -0.2) is 54.5 Å². The predicted molar refractivity (Wildman–Crippen MR) is 177 cm³/mol. The van der Waals surface area contributed by atoms with E-state index in [-0.39, 0.29) is 34.2 Å². The van der Waals surface area contributed by atoms with Crippen molar-refractivity contribution in [1.82, 2.24) is 9.88 Å². The Morgan fingerprint density at radius 1 is 0.942 bits per heavy atom. The zero-order chi connectivity index (χ0) is 38.7. The summed E-state index contributed by atoms with van der Waals surface area (Å²) in [6, 6.07) is 6.82. The number of benzene rings is 3. The number of anilines is 1. The van der Waals surface area contributed by atoms with Gasteiger partial charge in [0.2, 0.25) is 0 Å². The second-order valence-electron chi connectivity index (χ2n) is 12.1. The molecule has 0 radical (unpaired) electrons. The highest BCUT2D eigenvalue weighted by Gasteiger charge is 2.39. The second-order valence-corrected chi connectivity index (χ2v) is 12.1. The molecule has 3 atom stereocenters. The van der Waals surface area contributed by atoms with E-state index in [0.29, 0.717) is 12.1 Å². The first-order valence-electron chi connectivity index (χ1n) is 15.9. The molecule has 0 saturated carbocycles. The van der Waals surface area contributed by atoms with Gasteiger partial charge in [0.15, 0.2) is 0 Å². The molecule has 0 fully saturated rings. The Balaban J connectivity index is 1.77. The number of ether oxygens (including phenoxy) is 2. The Kier molecular flexibility index (Phi) is 12.0. The van der Waals surface area contributed by atoms with Crippen molar-refractivity contribution in [2.24, 2.45) is 7.05 Å². The summed E-state index contributed by atoms with van der Waals surface area (Å²) in [7, 11) is 2.67. The summed E-state index contributed by atoms with van der Waals surface area (Å²) in [5.41, 5.74) is -4.14. The van der Waals surface area contributed by atoms with Gasteiger partial charge in [-0.3, -0.25) is 9.59 Å². The van der Waals surface area contributed by atoms with Crippen LogP contribution < -0.4 is 16.2 Å². The van der Waals surface area contributed by atoms with Crippen LogP contribution in [0, 0.1) is 18.6 Å². The largest absolute Gasteiger partial charge is 0.459 e. The van der Waals surface area contributed by atoms with Gasteiger partial charge < -0.3 is 24.7 Å². The maximum Gasteiger partial charge on any atom is 0.417 e. The minimum absolute atomic E-state index is 0.0576. The van der Waals surface area contributed by atoms with Crippen molar-refractivity contribution in [2.45, 2.75) is 64.2 Å². The van der Waals surface area contributed by atoms with Crippen molar-refractivity contribution in [2.75, 3.05) is 19.0 Å². The minimum atomic E-state index is -4.89. The summed E-state index contributed by atoms with van der Waals surface area (Å²) in [6.45, 7) is 3.99. The minimum Gasteiger partial charge on any atom is -0.459 e. The predicted octanol–water partition coefficient (Wildman–Crippen LogP) is 7.48. The first-order chi connectivity index (χ1) is 24.3. The van der Waals surface area contributed by atoms with E-state index in [2.05, 4.69) is 5.32 Å². The second kappa shape index (κ2) is 15.7. The quantitative estimate of drug-likeness (QED) is 0.116. The molecule has 3 aromatic carbocycles. The zero-order valence-electron chi connectivity index (χ0n) is 28.6. The Hall–Kier alpha value is -4.99.